The van der Waals surface area contributed by atoms with E-state index < -0.39 is 14.9 Å². The number of piperazine rings is 1. The average molecular weight is 469 g/mol. The topological polar surface area (TPSA) is 119 Å². The third-order valence-corrected chi connectivity index (χ3v) is 7.29. The number of hydrogen-bond donors (Lipinski definition) is 1. The molecule has 0 radical (unpaired) electrons. The predicted octanol–water partition coefficient (Wildman–Crippen LogP) is 0.179. The highest BCUT2D eigenvalue weighted by molar-refractivity contribution is 7.89. The summed E-state index contributed by atoms with van der Waals surface area (Å²) in [7, 11) is -0.181. The van der Waals surface area contributed by atoms with Crippen molar-refractivity contribution in [2.24, 2.45) is 0 Å². The van der Waals surface area contributed by atoms with Gasteiger partial charge in [-0.15, -0.1) is 0 Å². The Morgan fingerprint density at radius 1 is 1.12 bits per heavy atom. The molecule has 0 atom stereocenters. The van der Waals surface area contributed by atoms with E-state index in [4.69, 9.17) is 0 Å². The number of nitro groups is 1. The third-order valence-electron chi connectivity index (χ3n) is 5.84. The summed E-state index contributed by atoms with van der Waals surface area (Å²) in [6.45, 7) is 5.03. The fraction of sp³-hybridized carbons (Fsp3) is 0.650. The molecule has 2 aliphatic rings. The van der Waals surface area contributed by atoms with Crippen molar-refractivity contribution in [2.75, 3.05) is 77.9 Å². The first-order valence-electron chi connectivity index (χ1n) is 10.9. The number of nitrogens with one attached hydrogen (secondary N) is 1. The molecule has 2 fully saturated rings. The molecule has 2 heterocycles. The van der Waals surface area contributed by atoms with Crippen LogP contribution in [0, 0.1) is 10.1 Å². The molecule has 1 aromatic rings. The Morgan fingerprint density at radius 2 is 1.78 bits per heavy atom. The Balaban J connectivity index is 1.65. The van der Waals surface area contributed by atoms with Crippen LogP contribution in [0.2, 0.25) is 0 Å². The zero-order chi connectivity index (χ0) is 23.3. The largest absolute Gasteiger partial charge is 0.363 e. The SMILES string of the molecule is CN(C)CCNS(=O)(=O)c1ccc(N2CCN(CC(=O)N3CCCC3)CC2)c([N+](=O)[O-])c1. The van der Waals surface area contributed by atoms with Crippen molar-refractivity contribution in [3.63, 3.8) is 0 Å². The zero-order valence-corrected chi connectivity index (χ0v) is 19.5. The number of carbonyl (C=O) groups excluding carboxylic acids is 1. The number of nitro benzene ring substituents is 1. The number of hydrogen-bond acceptors (Lipinski definition) is 8. The second-order valence-electron chi connectivity index (χ2n) is 8.46. The van der Waals surface area contributed by atoms with Crippen LogP contribution >= 0.6 is 0 Å². The molecule has 0 spiro atoms. The van der Waals surface area contributed by atoms with E-state index in [1.54, 1.807) is 0 Å². The quantitative estimate of drug-likeness (QED) is 0.403. The number of amides is 1. The minimum Gasteiger partial charge on any atom is -0.363 e. The predicted molar refractivity (Wildman–Crippen MR) is 121 cm³/mol. The zero-order valence-electron chi connectivity index (χ0n) is 18.7. The monoisotopic (exact) mass is 468 g/mol. The molecular weight excluding hydrogens is 436 g/mol. The van der Waals surface area contributed by atoms with E-state index in [9.17, 15) is 23.3 Å². The van der Waals surface area contributed by atoms with Gasteiger partial charge in [-0.2, -0.15) is 0 Å². The highest BCUT2D eigenvalue weighted by Gasteiger charge is 2.28. The molecular formula is C20H32N6O5S. The Labute approximate surface area is 189 Å². The number of sulfonamides is 1. The first-order valence-corrected chi connectivity index (χ1v) is 12.3. The highest BCUT2D eigenvalue weighted by atomic mass is 32.2. The van der Waals surface area contributed by atoms with Crippen LogP contribution in [-0.4, -0.2) is 107 Å². The molecule has 178 valence electrons. The lowest BCUT2D eigenvalue weighted by molar-refractivity contribution is -0.384. The van der Waals surface area contributed by atoms with Crippen molar-refractivity contribution in [1.29, 1.82) is 0 Å². The van der Waals surface area contributed by atoms with Gasteiger partial charge >= 0.3 is 0 Å². The Kier molecular flexibility index (Phi) is 8.04. The Bertz CT molecular complexity index is 924. The van der Waals surface area contributed by atoms with E-state index in [0.29, 0.717) is 45.0 Å². The van der Waals surface area contributed by atoms with Crippen molar-refractivity contribution in [3.05, 3.63) is 28.3 Å². The smallest absolute Gasteiger partial charge is 0.293 e. The maximum Gasteiger partial charge on any atom is 0.293 e. The summed E-state index contributed by atoms with van der Waals surface area (Å²) in [5.74, 6) is 0.137. The van der Waals surface area contributed by atoms with Crippen LogP contribution < -0.4 is 9.62 Å². The summed E-state index contributed by atoms with van der Waals surface area (Å²) in [6.07, 6.45) is 2.11. The van der Waals surface area contributed by atoms with Gasteiger partial charge in [0.2, 0.25) is 15.9 Å². The Hall–Kier alpha value is -2.28. The molecule has 1 aromatic carbocycles. The van der Waals surface area contributed by atoms with Crippen LogP contribution in [0.25, 0.3) is 0 Å². The van der Waals surface area contributed by atoms with E-state index in [1.807, 2.05) is 28.8 Å². The van der Waals surface area contributed by atoms with Crippen molar-refractivity contribution in [2.45, 2.75) is 17.7 Å². The van der Waals surface area contributed by atoms with Crippen molar-refractivity contribution < 1.29 is 18.1 Å². The van der Waals surface area contributed by atoms with Crippen LogP contribution in [0.15, 0.2) is 23.1 Å². The Morgan fingerprint density at radius 3 is 2.38 bits per heavy atom. The highest BCUT2D eigenvalue weighted by Crippen LogP contribution is 2.31. The number of nitrogens with zero attached hydrogens (tertiary/aromatic N) is 5. The molecule has 1 N–H and O–H groups in total. The minimum atomic E-state index is -3.84. The van der Waals surface area contributed by atoms with Gasteiger partial charge in [0.1, 0.15) is 5.69 Å². The van der Waals surface area contributed by atoms with E-state index in [2.05, 4.69) is 9.62 Å². The number of likely N-dealkylation sites (tertiary alicyclic amines) is 1. The van der Waals surface area contributed by atoms with Crippen molar-refractivity contribution in [1.82, 2.24) is 19.4 Å². The van der Waals surface area contributed by atoms with Gasteiger partial charge in [-0.1, -0.05) is 0 Å². The van der Waals surface area contributed by atoms with Gasteiger partial charge in [0.15, 0.2) is 0 Å². The molecule has 11 nitrogen and oxygen atoms in total. The summed E-state index contributed by atoms with van der Waals surface area (Å²) in [5.41, 5.74) is 0.162. The van der Waals surface area contributed by atoms with Crippen molar-refractivity contribution in [3.8, 4) is 0 Å². The fourth-order valence-corrected chi connectivity index (χ4v) is 5.02. The standard InChI is InChI=1S/C20H32N6O5S/c1-22(2)10-7-21-32(30,31)17-5-6-18(19(15-17)26(28)29)24-13-11-23(12-14-24)16-20(27)25-8-3-4-9-25/h5-6,15,21H,3-4,7-14,16H2,1-2H3. The first-order chi connectivity index (χ1) is 15.2. The summed E-state index contributed by atoms with van der Waals surface area (Å²) >= 11 is 0. The molecule has 0 unspecified atom stereocenters. The number of rotatable bonds is 9. The fourth-order valence-electron chi connectivity index (χ4n) is 3.98. The molecule has 1 amide bonds. The van der Waals surface area contributed by atoms with Gasteiger partial charge in [0.25, 0.3) is 5.69 Å². The van der Waals surface area contributed by atoms with Crippen LogP contribution in [0.5, 0.6) is 0 Å². The second-order valence-corrected chi connectivity index (χ2v) is 10.2. The molecule has 0 saturated carbocycles. The molecule has 3 rings (SSSR count). The number of anilines is 1. The molecule has 32 heavy (non-hydrogen) atoms. The van der Waals surface area contributed by atoms with Gasteiger partial charge in [-0.25, -0.2) is 13.1 Å². The van der Waals surface area contributed by atoms with Gasteiger partial charge in [0.05, 0.1) is 16.4 Å². The van der Waals surface area contributed by atoms with Gasteiger partial charge < -0.3 is 14.7 Å². The summed E-state index contributed by atoms with van der Waals surface area (Å²) < 4.78 is 27.5. The van der Waals surface area contributed by atoms with E-state index in [-0.39, 0.29) is 23.0 Å². The van der Waals surface area contributed by atoms with E-state index >= 15 is 0 Å². The van der Waals surface area contributed by atoms with Gasteiger partial charge in [-0.05, 0) is 39.1 Å². The molecule has 2 aliphatic heterocycles. The normalized spacial score (nSPS) is 17.8. The minimum absolute atomic E-state index is 0.124. The van der Waals surface area contributed by atoms with Crippen LogP contribution in [0.4, 0.5) is 11.4 Å². The lowest BCUT2D eigenvalue weighted by atomic mass is 10.2. The van der Waals surface area contributed by atoms with Crippen LogP contribution in [-0.2, 0) is 14.8 Å². The maximum atomic E-state index is 12.5. The van der Waals surface area contributed by atoms with Crippen LogP contribution in [0.1, 0.15) is 12.8 Å². The molecule has 0 bridgehead atoms. The third kappa shape index (κ3) is 6.15. The van der Waals surface area contributed by atoms with Gasteiger partial charge in [0, 0.05) is 58.4 Å². The van der Waals surface area contributed by atoms with E-state index in [0.717, 1.165) is 32.0 Å². The van der Waals surface area contributed by atoms with E-state index in [1.165, 1.54) is 12.1 Å². The summed E-state index contributed by atoms with van der Waals surface area (Å²) in [4.78, 5) is 31.1. The molecule has 0 aliphatic carbocycles. The average Bonchev–Trinajstić information content (AvgIpc) is 3.28. The second kappa shape index (κ2) is 10.6. The summed E-state index contributed by atoms with van der Waals surface area (Å²) in [5, 5.41) is 11.7. The van der Waals surface area contributed by atoms with Crippen molar-refractivity contribution >= 4 is 27.3 Å². The van der Waals surface area contributed by atoms with Gasteiger partial charge in [-0.3, -0.25) is 19.8 Å². The summed E-state index contributed by atoms with van der Waals surface area (Å²) in [6, 6.07) is 4.03. The lowest BCUT2D eigenvalue weighted by Gasteiger charge is -2.36. The lowest BCUT2D eigenvalue weighted by Crippen LogP contribution is -2.50. The van der Waals surface area contributed by atoms with Crippen LogP contribution in [0.3, 0.4) is 0 Å². The molecule has 2 saturated heterocycles. The first kappa shape index (κ1) is 24.4. The molecule has 12 heteroatoms. The number of carbonyl (C=O) groups is 1. The maximum absolute atomic E-state index is 12.5. The molecule has 0 aromatic heterocycles. The number of likely N-dealkylation sites (N-methyl/N-ethyl adjacent to an activating group) is 1. The number of benzene rings is 1.